The third-order valence-electron chi connectivity index (χ3n) is 9.29. The monoisotopic (exact) mass is 659 g/mol. The molecule has 1 fully saturated rings. The highest BCUT2D eigenvalue weighted by Crippen LogP contribution is 2.42. The minimum atomic E-state index is -1.05. The van der Waals surface area contributed by atoms with Crippen molar-refractivity contribution in [2.45, 2.75) is 43.4 Å². The topological polar surface area (TPSA) is 110 Å². The van der Waals surface area contributed by atoms with E-state index in [0.717, 1.165) is 39.4 Å². The summed E-state index contributed by atoms with van der Waals surface area (Å²) in [7, 11) is 3.25. The van der Waals surface area contributed by atoms with Gasteiger partial charge in [0.25, 0.3) is 0 Å². The maximum Gasteiger partial charge on any atom is 0.243 e. The van der Waals surface area contributed by atoms with E-state index in [1.807, 2.05) is 109 Å². The average Bonchev–Trinajstić information content (AvgIpc) is 3.82. The number of nitrogens with zero attached hydrogens (tertiary/aromatic N) is 1. The third-order valence-corrected chi connectivity index (χ3v) is 9.29. The van der Waals surface area contributed by atoms with E-state index in [2.05, 4.69) is 10.3 Å². The molecule has 1 aliphatic rings. The number of hydrogen-bond donors (Lipinski definition) is 2. The van der Waals surface area contributed by atoms with Crippen LogP contribution in [0.15, 0.2) is 109 Å². The minimum absolute atomic E-state index is 0.0666. The number of fused-ring (bicyclic) bond motifs is 1. The third kappa shape index (κ3) is 7.07. The first-order valence-corrected chi connectivity index (χ1v) is 16.6. The van der Waals surface area contributed by atoms with Crippen LogP contribution >= 0.6 is 0 Å². The molecule has 0 aliphatic carbocycles. The number of nitrogens with one attached hydrogen (secondary N) is 2. The number of ether oxygens (including phenoxy) is 3. The van der Waals surface area contributed by atoms with Crippen molar-refractivity contribution in [3.8, 4) is 11.5 Å². The van der Waals surface area contributed by atoms with E-state index in [4.69, 9.17) is 14.2 Å². The Kier molecular flexibility index (Phi) is 10.4. The number of methoxy groups -OCH3 is 2. The molecular formula is C40H41N3O6. The van der Waals surface area contributed by atoms with Crippen LogP contribution in [-0.2, 0) is 31.1 Å². The molecule has 1 aliphatic heterocycles. The summed E-state index contributed by atoms with van der Waals surface area (Å²) in [6.45, 7) is 0.556. The van der Waals surface area contributed by atoms with Crippen LogP contribution in [0.25, 0.3) is 10.9 Å². The fraction of sp³-hybridized carbons (Fsp3) is 0.275. The van der Waals surface area contributed by atoms with Gasteiger partial charge < -0.3 is 34.2 Å². The zero-order valence-corrected chi connectivity index (χ0v) is 27.8. The average molecular weight is 660 g/mol. The van der Waals surface area contributed by atoms with Gasteiger partial charge in [-0.1, -0.05) is 72.8 Å². The van der Waals surface area contributed by atoms with Crippen molar-refractivity contribution in [2.24, 2.45) is 0 Å². The van der Waals surface area contributed by atoms with Crippen LogP contribution in [0.2, 0.25) is 0 Å². The Bertz CT molecular complexity index is 1820. The normalized spacial score (nSPS) is 15.1. The largest absolute Gasteiger partial charge is 0.497 e. The van der Waals surface area contributed by atoms with Crippen molar-refractivity contribution in [1.29, 1.82) is 0 Å². The number of aromatic nitrogens is 1. The molecule has 6 rings (SSSR count). The molecule has 4 aromatic carbocycles. The van der Waals surface area contributed by atoms with Crippen molar-refractivity contribution in [3.63, 3.8) is 0 Å². The molecule has 2 atom stereocenters. The molecule has 2 N–H and O–H groups in total. The van der Waals surface area contributed by atoms with E-state index in [0.29, 0.717) is 37.3 Å². The zero-order valence-electron chi connectivity index (χ0n) is 27.8. The van der Waals surface area contributed by atoms with Crippen LogP contribution in [-0.4, -0.2) is 67.4 Å². The smallest absolute Gasteiger partial charge is 0.243 e. The Hall–Kier alpha value is -5.41. The highest BCUT2D eigenvalue weighted by atomic mass is 16.5. The lowest BCUT2D eigenvalue weighted by Crippen LogP contribution is -2.50. The van der Waals surface area contributed by atoms with Crippen LogP contribution in [0.1, 0.15) is 41.5 Å². The summed E-state index contributed by atoms with van der Waals surface area (Å²) >= 11 is 0. The molecule has 5 aromatic rings. The van der Waals surface area contributed by atoms with Crippen LogP contribution in [0.5, 0.6) is 11.5 Å². The zero-order chi connectivity index (χ0) is 34.2. The first kappa shape index (κ1) is 33.5. The predicted octanol–water partition coefficient (Wildman–Crippen LogP) is 5.80. The molecule has 0 spiro atoms. The number of likely N-dealkylation sites (tertiary alicyclic amines) is 1. The molecule has 2 heterocycles. The quantitative estimate of drug-likeness (QED) is 0.115. The van der Waals surface area contributed by atoms with E-state index in [1.54, 1.807) is 19.1 Å². The Morgan fingerprint density at radius 2 is 1.49 bits per heavy atom. The second-order valence-electron chi connectivity index (χ2n) is 12.2. The van der Waals surface area contributed by atoms with Crippen molar-refractivity contribution < 1.29 is 28.6 Å². The van der Waals surface area contributed by atoms with Gasteiger partial charge in [-0.15, -0.1) is 0 Å². The SMILES string of the molecule is COc1ccc(C(OCCC(=O)N2CCCC2C(=O)NC(C=O)Cc2c[nH]c3ccccc23)(c2ccccc2)c2ccc(OC)cc2)cc1. The molecular weight excluding hydrogens is 618 g/mol. The van der Waals surface area contributed by atoms with Gasteiger partial charge in [-0.25, -0.2) is 0 Å². The van der Waals surface area contributed by atoms with Gasteiger partial charge in [0.05, 0.1) is 33.3 Å². The summed E-state index contributed by atoms with van der Waals surface area (Å²) in [5, 5.41) is 3.90. The maximum atomic E-state index is 13.7. The fourth-order valence-electron chi connectivity index (χ4n) is 6.80. The second-order valence-corrected chi connectivity index (χ2v) is 12.2. The molecule has 0 saturated carbocycles. The van der Waals surface area contributed by atoms with Gasteiger partial charge in [0, 0.05) is 30.1 Å². The number of benzene rings is 4. The van der Waals surface area contributed by atoms with E-state index >= 15 is 0 Å². The highest BCUT2D eigenvalue weighted by Gasteiger charge is 2.39. The van der Waals surface area contributed by atoms with Crippen LogP contribution in [0.4, 0.5) is 0 Å². The fourth-order valence-corrected chi connectivity index (χ4v) is 6.80. The van der Waals surface area contributed by atoms with Gasteiger partial charge >= 0.3 is 0 Å². The molecule has 0 radical (unpaired) electrons. The summed E-state index contributed by atoms with van der Waals surface area (Å²) in [5.41, 5.74) is 3.49. The summed E-state index contributed by atoms with van der Waals surface area (Å²) in [5.74, 6) is 0.932. The Balaban J connectivity index is 1.19. The molecule has 252 valence electrons. The Labute approximate surface area is 286 Å². The summed E-state index contributed by atoms with van der Waals surface area (Å²) in [6, 6.07) is 31.8. The van der Waals surface area contributed by atoms with E-state index in [-0.39, 0.29) is 24.8 Å². The van der Waals surface area contributed by atoms with E-state index in [9.17, 15) is 14.4 Å². The van der Waals surface area contributed by atoms with Crippen LogP contribution in [0, 0.1) is 0 Å². The van der Waals surface area contributed by atoms with E-state index in [1.165, 1.54) is 0 Å². The van der Waals surface area contributed by atoms with Crippen molar-refractivity contribution in [2.75, 3.05) is 27.4 Å². The first-order valence-electron chi connectivity index (χ1n) is 16.6. The lowest BCUT2D eigenvalue weighted by Gasteiger charge is -2.36. The van der Waals surface area contributed by atoms with Crippen molar-refractivity contribution in [3.05, 3.63) is 132 Å². The molecule has 1 aromatic heterocycles. The van der Waals surface area contributed by atoms with Gasteiger partial charge in [-0.3, -0.25) is 9.59 Å². The van der Waals surface area contributed by atoms with Gasteiger partial charge in [0.2, 0.25) is 11.8 Å². The number of para-hydroxylation sites is 1. The molecule has 2 unspecified atom stereocenters. The number of aldehydes is 1. The molecule has 49 heavy (non-hydrogen) atoms. The predicted molar refractivity (Wildman–Crippen MR) is 188 cm³/mol. The number of carbonyl (C=O) groups is 3. The Morgan fingerprint density at radius 3 is 2.12 bits per heavy atom. The lowest BCUT2D eigenvalue weighted by molar-refractivity contribution is -0.140. The molecule has 0 bridgehead atoms. The van der Waals surface area contributed by atoms with Gasteiger partial charge in [0.1, 0.15) is 29.4 Å². The van der Waals surface area contributed by atoms with Gasteiger partial charge in [-0.05, 0) is 65.4 Å². The van der Waals surface area contributed by atoms with Crippen LogP contribution < -0.4 is 14.8 Å². The molecule has 1 saturated heterocycles. The number of carbonyl (C=O) groups excluding carboxylic acids is 3. The Morgan fingerprint density at radius 1 is 0.878 bits per heavy atom. The minimum Gasteiger partial charge on any atom is -0.497 e. The summed E-state index contributed by atoms with van der Waals surface area (Å²) in [4.78, 5) is 44.1. The molecule has 2 amide bonds. The van der Waals surface area contributed by atoms with E-state index < -0.39 is 17.7 Å². The number of hydrogen-bond acceptors (Lipinski definition) is 6. The van der Waals surface area contributed by atoms with Gasteiger partial charge in [-0.2, -0.15) is 0 Å². The highest BCUT2D eigenvalue weighted by molar-refractivity contribution is 5.90. The lowest BCUT2D eigenvalue weighted by atomic mass is 9.80. The van der Waals surface area contributed by atoms with Gasteiger partial charge in [0.15, 0.2) is 0 Å². The second kappa shape index (κ2) is 15.2. The van der Waals surface area contributed by atoms with Crippen LogP contribution in [0.3, 0.4) is 0 Å². The standard InChI is InChI=1S/C40H41N3O6/c1-47-33-18-14-30(15-19-33)40(29-9-4-3-5-10-29,31-16-20-34(48-2)21-17-31)49-24-22-38(45)43-23-8-13-37(43)39(46)42-32(27-44)25-28-26-41-36-12-7-6-11-35(28)36/h3-7,9-12,14-21,26-27,32,37,41H,8,13,22-25H2,1-2H3,(H,42,46). The maximum absolute atomic E-state index is 13.7. The van der Waals surface area contributed by atoms with Crippen molar-refractivity contribution in [1.82, 2.24) is 15.2 Å². The number of H-pyrrole nitrogens is 1. The number of amides is 2. The number of aromatic amines is 1. The number of rotatable bonds is 14. The molecule has 9 heteroatoms. The first-order chi connectivity index (χ1) is 24.0. The van der Waals surface area contributed by atoms with Crippen molar-refractivity contribution >= 4 is 29.0 Å². The summed E-state index contributed by atoms with van der Waals surface area (Å²) in [6.07, 6.45) is 4.28. The molecule has 9 nitrogen and oxygen atoms in total. The summed E-state index contributed by atoms with van der Waals surface area (Å²) < 4.78 is 17.7.